The number of hydrogen-bond acceptors (Lipinski definition) is 0. The lowest BCUT2D eigenvalue weighted by molar-refractivity contribution is -0.461. The van der Waals surface area contributed by atoms with Crippen LogP contribution in [0.15, 0.2) is 0 Å². The van der Waals surface area contributed by atoms with E-state index in [4.69, 9.17) is 33.2 Å². The molecule has 43 heavy (non-hydrogen) atoms. The molecule has 0 spiro atoms. The minimum absolute atomic E-state index is 0.136. The lowest BCUT2D eigenvalue weighted by Crippen LogP contribution is -2.74. The van der Waals surface area contributed by atoms with Crippen LogP contribution < -0.4 is 0 Å². The van der Waals surface area contributed by atoms with Crippen LogP contribution in [0.5, 0.6) is 0 Å². The molecule has 260 valence electrons. The molecule has 22 heteroatoms. The highest BCUT2D eigenvalue weighted by Crippen LogP contribution is 2.64. The van der Waals surface area contributed by atoms with Gasteiger partial charge in [-0.25, -0.2) is 0 Å². The Bertz CT molecular complexity index is 887. The maximum atomic E-state index is 14.2. The van der Waals surface area contributed by atoms with Crippen LogP contribution in [-0.4, -0.2) is 61.7 Å². The first-order valence-corrected chi connectivity index (χ1v) is 21.1. The molecular weight excluding hydrogens is 738 g/mol. The van der Waals surface area contributed by atoms with Crippen molar-refractivity contribution in [2.45, 2.75) is 130 Å². The third-order valence-electron chi connectivity index (χ3n) is 6.72. The van der Waals surface area contributed by atoms with Crippen LogP contribution in [0.2, 0.25) is 31.2 Å². The summed E-state index contributed by atoms with van der Waals surface area (Å²) < 4.78 is 228. The molecule has 0 heterocycles. The summed E-state index contributed by atoms with van der Waals surface area (Å²) in [6.45, 7) is 2.64. The SMILES string of the molecule is C[Si](C)(CCCCCCCCC[Si](Cl)(Cl)Cl)CCC(F)(F)C(F)(F)C(F)(F)C(F)(F)C(F)(F)C(F)(F)C(F)(F)C(F)(F)F. The van der Waals surface area contributed by atoms with Crippen molar-refractivity contribution in [3.8, 4) is 0 Å². The smallest absolute Gasteiger partial charge is 0.200 e. The Balaban J connectivity index is 5.49. The summed E-state index contributed by atoms with van der Waals surface area (Å²) in [6, 6.07) is -3.12. The van der Waals surface area contributed by atoms with Crippen LogP contribution in [0, 0.1) is 0 Å². The fraction of sp³-hybridized carbons (Fsp3) is 1.00. The first-order chi connectivity index (χ1) is 18.7. The molecule has 0 aromatic heterocycles. The van der Waals surface area contributed by atoms with Crippen LogP contribution in [0.25, 0.3) is 0 Å². The summed E-state index contributed by atoms with van der Waals surface area (Å²) in [4.78, 5) is 0. The lowest BCUT2D eigenvalue weighted by Gasteiger charge is -2.43. The molecule has 0 N–H and O–H groups in total. The predicted molar refractivity (Wildman–Crippen MR) is 133 cm³/mol. The number of rotatable bonds is 19. The largest absolute Gasteiger partial charge is 0.460 e. The molecular formula is C21H28Cl3F17Si2. The lowest BCUT2D eigenvalue weighted by atomic mass is 9.88. The van der Waals surface area contributed by atoms with Crippen LogP contribution in [-0.2, 0) is 0 Å². The normalized spacial score (nSPS) is 15.8. The molecule has 0 aromatic rings. The zero-order valence-electron chi connectivity index (χ0n) is 22.3. The first kappa shape index (κ1) is 43.1. The standard InChI is InChI=1S/C21H28Cl3F17Si2/c1-42(2,11-8-6-4-3-5-7-9-12-43(22,23)24)13-10-14(25,26)15(27,28)16(29,30)17(31,32)18(33,34)19(35,36)20(37,38)21(39,40)41/h3-13H2,1-2H3. The third kappa shape index (κ3) is 9.58. The van der Waals surface area contributed by atoms with Gasteiger partial charge in [0.2, 0.25) is 0 Å². The van der Waals surface area contributed by atoms with Gasteiger partial charge in [-0.2, -0.15) is 74.6 Å². The van der Waals surface area contributed by atoms with Gasteiger partial charge < -0.3 is 0 Å². The zero-order chi connectivity index (χ0) is 34.8. The highest BCUT2D eigenvalue weighted by atomic mass is 35.8. The second-order valence-corrected chi connectivity index (χ2v) is 25.5. The van der Waals surface area contributed by atoms with E-state index in [1.165, 1.54) is 13.1 Å². The van der Waals surface area contributed by atoms with Gasteiger partial charge in [0.15, 0.2) is 0 Å². The zero-order valence-corrected chi connectivity index (χ0v) is 26.6. The average molecular weight is 766 g/mol. The molecule has 0 aliphatic carbocycles. The van der Waals surface area contributed by atoms with Crippen molar-refractivity contribution in [2.75, 3.05) is 0 Å². The molecule has 0 amide bonds. The minimum Gasteiger partial charge on any atom is -0.200 e. The first-order valence-electron chi connectivity index (χ1n) is 12.4. The van der Waals surface area contributed by atoms with E-state index in [-0.39, 0.29) is 6.04 Å². The van der Waals surface area contributed by atoms with E-state index in [0.717, 1.165) is 19.3 Å². The van der Waals surface area contributed by atoms with Crippen LogP contribution in [0.3, 0.4) is 0 Å². The molecule has 0 saturated carbocycles. The van der Waals surface area contributed by atoms with Crippen molar-refractivity contribution >= 4 is 47.3 Å². The van der Waals surface area contributed by atoms with E-state index < -0.39 is 74.2 Å². The molecule has 0 bridgehead atoms. The summed E-state index contributed by atoms with van der Waals surface area (Å²) in [6.07, 6.45) is -5.61. The number of halogens is 20. The maximum absolute atomic E-state index is 14.2. The van der Waals surface area contributed by atoms with Gasteiger partial charge in [-0.3, -0.25) is 0 Å². The molecule has 0 saturated heterocycles. The summed E-state index contributed by atoms with van der Waals surface area (Å²) in [7, 11) is -2.99. The van der Waals surface area contributed by atoms with Gasteiger partial charge in [0, 0.05) is 14.5 Å². The van der Waals surface area contributed by atoms with E-state index in [1.807, 2.05) is 0 Å². The highest BCUT2D eigenvalue weighted by molar-refractivity contribution is 7.64. The topological polar surface area (TPSA) is 0 Å². The summed E-state index contributed by atoms with van der Waals surface area (Å²) in [5.74, 6) is -55.9. The highest BCUT2D eigenvalue weighted by Gasteiger charge is 2.95. The van der Waals surface area contributed by atoms with Gasteiger partial charge >= 0.3 is 53.6 Å². The molecule has 0 nitrogen and oxygen atoms in total. The summed E-state index contributed by atoms with van der Waals surface area (Å²) in [5, 5.41) is 0. The number of unbranched alkanes of at least 4 members (excludes halogenated alkanes) is 6. The van der Waals surface area contributed by atoms with E-state index in [1.54, 1.807) is 0 Å². The van der Waals surface area contributed by atoms with Crippen molar-refractivity contribution in [2.24, 2.45) is 0 Å². The second-order valence-electron chi connectivity index (χ2n) is 10.9. The molecule has 0 aliphatic rings. The van der Waals surface area contributed by atoms with Crippen LogP contribution >= 0.6 is 33.2 Å². The van der Waals surface area contributed by atoms with Gasteiger partial charge in [0.25, 0.3) is 0 Å². The average Bonchev–Trinajstić information content (AvgIpc) is 2.79. The van der Waals surface area contributed by atoms with E-state index in [2.05, 4.69) is 0 Å². The number of alkyl halides is 17. The van der Waals surface area contributed by atoms with Crippen molar-refractivity contribution < 1.29 is 74.6 Å². The fourth-order valence-electron chi connectivity index (χ4n) is 3.79. The van der Waals surface area contributed by atoms with Gasteiger partial charge in [0.1, 0.15) is 0 Å². The van der Waals surface area contributed by atoms with Crippen molar-refractivity contribution in [1.82, 2.24) is 0 Å². The number of hydrogen-bond donors (Lipinski definition) is 0. The fourth-order valence-corrected chi connectivity index (χ4v) is 8.09. The van der Waals surface area contributed by atoms with Gasteiger partial charge in [-0.15, -0.1) is 33.2 Å². The Morgan fingerprint density at radius 3 is 1.05 bits per heavy atom. The Hall–Kier alpha value is 0.114. The molecule has 0 unspecified atom stereocenters. The Morgan fingerprint density at radius 2 is 0.698 bits per heavy atom. The summed E-state index contributed by atoms with van der Waals surface area (Å²) in [5.41, 5.74) is 0. The molecule has 0 fully saturated rings. The Morgan fingerprint density at radius 1 is 0.395 bits per heavy atom. The van der Waals surface area contributed by atoms with E-state index in [0.29, 0.717) is 31.7 Å². The molecule has 0 aromatic carbocycles. The van der Waals surface area contributed by atoms with Crippen molar-refractivity contribution in [1.29, 1.82) is 0 Å². The third-order valence-corrected chi connectivity index (χ3v) is 12.6. The predicted octanol–water partition coefficient (Wildman–Crippen LogP) is 12.5. The maximum Gasteiger partial charge on any atom is 0.460 e. The Labute approximate surface area is 252 Å². The summed E-state index contributed by atoms with van der Waals surface area (Å²) >= 11 is 17.2. The quantitative estimate of drug-likeness (QED) is 0.0532. The molecule has 0 radical (unpaired) electrons. The van der Waals surface area contributed by atoms with Crippen molar-refractivity contribution in [3.05, 3.63) is 0 Å². The van der Waals surface area contributed by atoms with Gasteiger partial charge in [-0.1, -0.05) is 70.1 Å². The van der Waals surface area contributed by atoms with E-state index >= 15 is 0 Å². The second kappa shape index (κ2) is 14.1. The Kier molecular flexibility index (Phi) is 14.1. The monoisotopic (exact) mass is 764 g/mol. The molecule has 0 aliphatic heterocycles. The van der Waals surface area contributed by atoms with Gasteiger partial charge in [0.05, 0.1) is 0 Å². The van der Waals surface area contributed by atoms with Crippen LogP contribution in [0.4, 0.5) is 74.6 Å². The van der Waals surface area contributed by atoms with Gasteiger partial charge in [-0.05, 0) is 6.04 Å². The molecule has 0 atom stereocenters. The minimum atomic E-state index is -8.60. The molecule has 0 rings (SSSR count). The van der Waals surface area contributed by atoms with Crippen LogP contribution in [0.1, 0.15) is 51.4 Å². The van der Waals surface area contributed by atoms with E-state index in [9.17, 15) is 74.6 Å². The van der Waals surface area contributed by atoms with Crippen molar-refractivity contribution in [3.63, 3.8) is 0 Å².